The van der Waals surface area contributed by atoms with Gasteiger partial charge < -0.3 is 9.47 Å². The molecule has 1 aromatic heterocycles. The van der Waals surface area contributed by atoms with Crippen LogP contribution in [-0.2, 0) is 22.6 Å². The van der Waals surface area contributed by atoms with Gasteiger partial charge in [-0.3, -0.25) is 4.79 Å². The number of carbonyl (C=O) groups is 2. The first-order valence-corrected chi connectivity index (χ1v) is 8.69. The molecule has 28 heavy (non-hydrogen) atoms. The van der Waals surface area contributed by atoms with Crippen molar-refractivity contribution < 1.29 is 19.1 Å². The van der Waals surface area contributed by atoms with Gasteiger partial charge in [0.05, 0.1) is 7.11 Å². The number of hydrogen-bond acceptors (Lipinski definition) is 7. The molecule has 0 aliphatic rings. The molecule has 0 saturated carbocycles. The molecule has 8 heteroatoms. The van der Waals surface area contributed by atoms with Crippen molar-refractivity contribution in [1.29, 1.82) is 0 Å². The second-order valence-electron chi connectivity index (χ2n) is 6.19. The number of tetrazole rings is 1. The van der Waals surface area contributed by atoms with Crippen molar-refractivity contribution in [3.05, 3.63) is 71.5 Å². The maximum Gasteiger partial charge on any atom is 0.331 e. The minimum Gasteiger partial charge on any atom is -0.496 e. The number of ketones is 1. The Labute approximate surface area is 162 Å². The van der Waals surface area contributed by atoms with Crippen LogP contribution < -0.4 is 4.74 Å². The molecule has 2 aromatic carbocycles. The average Bonchev–Trinajstić information content (AvgIpc) is 3.25. The first-order chi connectivity index (χ1) is 13.6. The Morgan fingerprint density at radius 1 is 1.14 bits per heavy atom. The molecule has 1 atom stereocenters. The number of hydrogen-bond donors (Lipinski definition) is 0. The summed E-state index contributed by atoms with van der Waals surface area (Å²) in [4.78, 5) is 24.4. The molecule has 0 fully saturated rings. The fourth-order valence-corrected chi connectivity index (χ4v) is 2.79. The largest absolute Gasteiger partial charge is 0.496 e. The minimum atomic E-state index is -0.709. The molecule has 0 aliphatic heterocycles. The van der Waals surface area contributed by atoms with Crippen molar-refractivity contribution in [2.75, 3.05) is 7.11 Å². The SMILES string of the molecule is COc1ccc(C(C)=O)cc1COC(=O)[C@@H](Cc1ccccc1)n1cnnn1. The highest BCUT2D eigenvalue weighted by Gasteiger charge is 2.24. The zero-order chi connectivity index (χ0) is 19.9. The maximum absolute atomic E-state index is 12.8. The second kappa shape index (κ2) is 8.90. The average molecular weight is 380 g/mol. The van der Waals surface area contributed by atoms with E-state index in [1.165, 1.54) is 25.0 Å². The van der Waals surface area contributed by atoms with Gasteiger partial charge >= 0.3 is 5.97 Å². The highest BCUT2D eigenvalue weighted by molar-refractivity contribution is 5.94. The van der Waals surface area contributed by atoms with Crippen molar-refractivity contribution >= 4 is 11.8 Å². The second-order valence-corrected chi connectivity index (χ2v) is 6.19. The Morgan fingerprint density at radius 3 is 2.57 bits per heavy atom. The van der Waals surface area contributed by atoms with Crippen LogP contribution in [0, 0.1) is 0 Å². The van der Waals surface area contributed by atoms with Crippen molar-refractivity contribution in [2.45, 2.75) is 26.0 Å². The van der Waals surface area contributed by atoms with E-state index >= 15 is 0 Å². The molecule has 0 saturated heterocycles. The minimum absolute atomic E-state index is 0.0312. The van der Waals surface area contributed by atoms with E-state index < -0.39 is 12.0 Å². The van der Waals surface area contributed by atoms with E-state index in [-0.39, 0.29) is 12.4 Å². The summed E-state index contributed by atoms with van der Waals surface area (Å²) in [6.07, 6.45) is 1.77. The molecule has 3 aromatic rings. The van der Waals surface area contributed by atoms with Crippen LogP contribution in [0.25, 0.3) is 0 Å². The van der Waals surface area contributed by atoms with E-state index in [0.717, 1.165) is 5.56 Å². The zero-order valence-corrected chi connectivity index (χ0v) is 15.6. The normalized spacial score (nSPS) is 11.6. The van der Waals surface area contributed by atoms with E-state index in [1.807, 2.05) is 30.3 Å². The lowest BCUT2D eigenvalue weighted by Gasteiger charge is -2.16. The van der Waals surface area contributed by atoms with Crippen LogP contribution >= 0.6 is 0 Å². The number of esters is 1. The third-order valence-electron chi connectivity index (χ3n) is 4.29. The molecule has 0 bridgehead atoms. The Hall–Kier alpha value is -3.55. The summed E-state index contributed by atoms with van der Waals surface area (Å²) in [5.41, 5.74) is 2.09. The summed E-state index contributed by atoms with van der Waals surface area (Å²) < 4.78 is 12.2. The summed E-state index contributed by atoms with van der Waals surface area (Å²) in [7, 11) is 1.52. The highest BCUT2D eigenvalue weighted by atomic mass is 16.5. The third kappa shape index (κ3) is 4.59. The molecule has 0 radical (unpaired) electrons. The van der Waals surface area contributed by atoms with E-state index in [2.05, 4.69) is 15.5 Å². The van der Waals surface area contributed by atoms with Crippen molar-refractivity contribution in [1.82, 2.24) is 20.2 Å². The van der Waals surface area contributed by atoms with Gasteiger partial charge in [-0.25, -0.2) is 9.48 Å². The van der Waals surface area contributed by atoms with E-state index in [4.69, 9.17) is 9.47 Å². The lowest BCUT2D eigenvalue weighted by Crippen LogP contribution is -2.25. The quantitative estimate of drug-likeness (QED) is 0.437. The van der Waals surface area contributed by atoms with Crippen LogP contribution in [0.15, 0.2) is 54.9 Å². The summed E-state index contributed by atoms with van der Waals surface area (Å²) in [6, 6.07) is 13.9. The molecule has 144 valence electrons. The van der Waals surface area contributed by atoms with Gasteiger partial charge in [-0.1, -0.05) is 30.3 Å². The molecule has 8 nitrogen and oxygen atoms in total. The van der Waals surface area contributed by atoms with Gasteiger partial charge in [0.2, 0.25) is 0 Å². The fourth-order valence-electron chi connectivity index (χ4n) is 2.79. The summed E-state index contributed by atoms with van der Waals surface area (Å²) in [5.74, 6) is -0.0165. The molecule has 0 amide bonds. The van der Waals surface area contributed by atoms with Crippen LogP contribution in [0.1, 0.15) is 34.5 Å². The van der Waals surface area contributed by atoms with E-state index in [9.17, 15) is 9.59 Å². The molecule has 0 unspecified atom stereocenters. The standard InChI is InChI=1S/C20H20N4O4/c1-14(25)16-8-9-19(27-2)17(11-16)12-28-20(26)18(24-13-21-22-23-24)10-15-6-4-3-5-7-15/h3-9,11,13,18H,10,12H2,1-2H3/t18-/m1/s1. The lowest BCUT2D eigenvalue weighted by atomic mass is 10.1. The number of nitrogens with zero attached hydrogens (tertiary/aromatic N) is 4. The van der Waals surface area contributed by atoms with Crippen LogP contribution in [0.2, 0.25) is 0 Å². The molecule has 1 heterocycles. The van der Waals surface area contributed by atoms with Crippen molar-refractivity contribution in [3.63, 3.8) is 0 Å². The lowest BCUT2D eigenvalue weighted by molar-refractivity contribution is -0.149. The molecule has 3 rings (SSSR count). The summed E-state index contributed by atoms with van der Waals surface area (Å²) >= 11 is 0. The number of aromatic nitrogens is 4. The van der Waals surface area contributed by atoms with Gasteiger partial charge in [0.1, 0.15) is 18.7 Å². The van der Waals surface area contributed by atoms with Crippen molar-refractivity contribution in [3.8, 4) is 5.75 Å². The Bertz CT molecular complexity index is 942. The topological polar surface area (TPSA) is 96.2 Å². The summed E-state index contributed by atoms with van der Waals surface area (Å²) in [6.45, 7) is 1.45. The van der Waals surface area contributed by atoms with Gasteiger partial charge in [-0.15, -0.1) is 5.10 Å². The molecular formula is C20H20N4O4. The number of methoxy groups -OCH3 is 1. The first kappa shape index (κ1) is 19.2. The predicted molar refractivity (Wildman–Crippen MR) is 99.8 cm³/mol. The number of ether oxygens (including phenoxy) is 2. The maximum atomic E-state index is 12.8. The number of Topliss-reactive ketones (excluding diaryl/α,β-unsaturated/α-hetero) is 1. The van der Waals surface area contributed by atoms with Gasteiger partial charge in [0, 0.05) is 17.5 Å². The van der Waals surface area contributed by atoms with E-state index in [1.54, 1.807) is 18.2 Å². The van der Waals surface area contributed by atoms with Crippen LogP contribution in [0.4, 0.5) is 0 Å². The van der Waals surface area contributed by atoms with Crippen LogP contribution in [0.5, 0.6) is 5.75 Å². The monoisotopic (exact) mass is 380 g/mol. The fraction of sp³-hybridized carbons (Fsp3) is 0.250. The summed E-state index contributed by atoms with van der Waals surface area (Å²) in [5, 5.41) is 11.1. The number of benzene rings is 2. The number of carbonyl (C=O) groups excluding carboxylic acids is 2. The van der Waals surface area contributed by atoms with Gasteiger partial charge in [0.25, 0.3) is 0 Å². The molecule has 0 N–H and O–H groups in total. The van der Waals surface area contributed by atoms with Crippen LogP contribution in [-0.4, -0.2) is 39.1 Å². The van der Waals surface area contributed by atoms with Gasteiger partial charge in [-0.2, -0.15) is 0 Å². The van der Waals surface area contributed by atoms with Crippen molar-refractivity contribution in [2.24, 2.45) is 0 Å². The Balaban J connectivity index is 1.77. The first-order valence-electron chi connectivity index (χ1n) is 8.69. The number of rotatable bonds is 8. The van der Waals surface area contributed by atoms with Gasteiger partial charge in [0.15, 0.2) is 11.8 Å². The third-order valence-corrected chi connectivity index (χ3v) is 4.29. The van der Waals surface area contributed by atoms with Crippen LogP contribution in [0.3, 0.4) is 0 Å². The zero-order valence-electron chi connectivity index (χ0n) is 15.6. The molecule has 0 aliphatic carbocycles. The highest BCUT2D eigenvalue weighted by Crippen LogP contribution is 2.23. The van der Waals surface area contributed by atoms with E-state index in [0.29, 0.717) is 23.3 Å². The Kier molecular flexibility index (Phi) is 6.11. The van der Waals surface area contributed by atoms with Gasteiger partial charge in [-0.05, 0) is 41.1 Å². The molecular weight excluding hydrogens is 360 g/mol. The predicted octanol–water partition coefficient (Wildman–Crippen LogP) is 2.41. The Morgan fingerprint density at radius 2 is 1.93 bits per heavy atom. The molecule has 0 spiro atoms. The smallest absolute Gasteiger partial charge is 0.331 e.